The lowest BCUT2D eigenvalue weighted by Gasteiger charge is -2.36. The van der Waals surface area contributed by atoms with E-state index in [0.29, 0.717) is 5.92 Å². The zero-order chi connectivity index (χ0) is 19.8. The zero-order valence-electron chi connectivity index (χ0n) is 17.9. The van der Waals surface area contributed by atoms with Gasteiger partial charge in [0.15, 0.2) is 5.82 Å². The maximum absolute atomic E-state index is 4.99. The molecule has 0 unspecified atom stereocenters. The van der Waals surface area contributed by atoms with Crippen molar-refractivity contribution in [3.05, 3.63) is 11.9 Å². The molecule has 8 heteroatoms. The number of hydrogen-bond acceptors (Lipinski definition) is 7. The summed E-state index contributed by atoms with van der Waals surface area (Å²) in [5, 5.41) is 4.99. The van der Waals surface area contributed by atoms with Crippen molar-refractivity contribution in [1.29, 1.82) is 0 Å². The van der Waals surface area contributed by atoms with E-state index in [-0.39, 0.29) is 0 Å². The maximum Gasteiger partial charge on any atom is 0.256 e. The van der Waals surface area contributed by atoms with Gasteiger partial charge in [-0.25, -0.2) is 0 Å². The highest BCUT2D eigenvalue weighted by Gasteiger charge is 2.25. The molecule has 0 aromatic carbocycles. The van der Waals surface area contributed by atoms with Gasteiger partial charge < -0.3 is 19.6 Å². The van der Waals surface area contributed by atoms with Crippen LogP contribution in [0, 0.1) is 0 Å². The van der Waals surface area contributed by atoms with Crippen LogP contribution in [0.2, 0.25) is 0 Å². The predicted molar refractivity (Wildman–Crippen MR) is 116 cm³/mol. The monoisotopic (exact) mass is 398 g/mol. The lowest BCUT2D eigenvalue weighted by molar-refractivity contribution is 0.310. The Morgan fingerprint density at radius 2 is 1.38 bits per heavy atom. The quantitative estimate of drug-likeness (QED) is 0.780. The van der Waals surface area contributed by atoms with Gasteiger partial charge in [-0.3, -0.25) is 0 Å². The maximum atomic E-state index is 4.99. The minimum Gasteiger partial charge on any atom is -0.354 e. The fraction of sp³-hybridized carbons (Fsp3) is 0.762. The van der Waals surface area contributed by atoms with Gasteiger partial charge in [0.05, 0.1) is 0 Å². The van der Waals surface area contributed by atoms with E-state index >= 15 is 0 Å². The molecule has 3 aliphatic rings. The molecule has 2 saturated heterocycles. The molecule has 0 spiro atoms. The van der Waals surface area contributed by atoms with Gasteiger partial charge in [0.2, 0.25) is 0 Å². The normalized spacial score (nSPS) is 23.2. The second kappa shape index (κ2) is 8.07. The number of nitrogens with zero attached hydrogens (tertiary/aromatic N) is 8. The number of hydrogen-bond donors (Lipinski definition) is 0. The average molecular weight is 399 g/mol. The molecule has 0 atom stereocenters. The Morgan fingerprint density at radius 1 is 0.759 bits per heavy atom. The fourth-order valence-electron chi connectivity index (χ4n) is 4.85. The van der Waals surface area contributed by atoms with Crippen molar-refractivity contribution < 1.29 is 0 Å². The van der Waals surface area contributed by atoms with Gasteiger partial charge in [-0.05, 0) is 26.9 Å². The zero-order valence-corrected chi connectivity index (χ0v) is 17.9. The number of aromatic nitrogens is 4. The number of anilines is 2. The largest absolute Gasteiger partial charge is 0.354 e. The first-order chi connectivity index (χ1) is 14.2. The van der Waals surface area contributed by atoms with Crippen molar-refractivity contribution in [3.8, 4) is 0 Å². The van der Waals surface area contributed by atoms with Crippen molar-refractivity contribution in [2.45, 2.75) is 38.0 Å². The number of fused-ring (bicyclic) bond motifs is 1. The first-order valence-electron chi connectivity index (χ1n) is 11.3. The molecule has 0 amide bonds. The van der Waals surface area contributed by atoms with Gasteiger partial charge in [-0.15, -0.1) is 5.10 Å². The van der Waals surface area contributed by atoms with Crippen LogP contribution in [0.3, 0.4) is 0 Å². The second-order valence-electron chi connectivity index (χ2n) is 9.07. The molecule has 5 rings (SSSR count). The summed E-state index contributed by atoms with van der Waals surface area (Å²) in [6, 6.07) is 2.25. The van der Waals surface area contributed by atoms with E-state index in [0.717, 1.165) is 75.6 Å². The highest BCUT2D eigenvalue weighted by molar-refractivity contribution is 5.57. The minimum atomic E-state index is 0.498. The summed E-state index contributed by atoms with van der Waals surface area (Å²) in [7, 11) is 4.39. The molecule has 1 saturated carbocycles. The van der Waals surface area contributed by atoms with E-state index in [1.807, 2.05) is 4.52 Å². The summed E-state index contributed by atoms with van der Waals surface area (Å²) in [6.45, 7) is 8.41. The lowest BCUT2D eigenvalue weighted by atomic mass is 9.89. The molecule has 4 heterocycles. The van der Waals surface area contributed by atoms with E-state index < -0.39 is 0 Å². The summed E-state index contributed by atoms with van der Waals surface area (Å²) in [4.78, 5) is 19.6. The van der Waals surface area contributed by atoms with E-state index in [1.165, 1.54) is 32.1 Å². The van der Waals surface area contributed by atoms with Crippen LogP contribution in [0.4, 0.5) is 11.6 Å². The topological polar surface area (TPSA) is 56.0 Å². The molecule has 8 nitrogen and oxygen atoms in total. The standard InChI is InChI=1S/C21H34N8/c1-25-8-12-27(13-9-25)18-16-19(28-14-10-26(2)11-15-28)29-21(22-18)23-20(24-29)17-6-4-3-5-7-17/h16-17H,3-15H2,1-2H3. The Balaban J connectivity index is 1.52. The highest BCUT2D eigenvalue weighted by Crippen LogP contribution is 2.32. The van der Waals surface area contributed by atoms with E-state index in [9.17, 15) is 0 Å². The van der Waals surface area contributed by atoms with Crippen molar-refractivity contribution in [2.24, 2.45) is 0 Å². The average Bonchev–Trinajstić information content (AvgIpc) is 3.19. The van der Waals surface area contributed by atoms with Crippen LogP contribution >= 0.6 is 0 Å². The van der Waals surface area contributed by atoms with Crippen molar-refractivity contribution in [2.75, 3.05) is 76.3 Å². The van der Waals surface area contributed by atoms with Gasteiger partial charge in [0, 0.05) is 64.3 Å². The summed E-state index contributed by atoms with van der Waals surface area (Å²) in [5.41, 5.74) is 0. The Morgan fingerprint density at radius 3 is 2.03 bits per heavy atom. The van der Waals surface area contributed by atoms with Crippen LogP contribution in [0.1, 0.15) is 43.8 Å². The van der Waals surface area contributed by atoms with Crippen LogP contribution in [0.25, 0.3) is 5.78 Å². The molecular weight excluding hydrogens is 364 g/mol. The first-order valence-corrected chi connectivity index (χ1v) is 11.3. The molecule has 2 aromatic heterocycles. The lowest BCUT2D eigenvalue weighted by Crippen LogP contribution is -2.46. The third-order valence-electron chi connectivity index (χ3n) is 6.92. The first kappa shape index (κ1) is 19.1. The Bertz CT molecular complexity index is 827. The number of likely N-dealkylation sites (N-methyl/N-ethyl adjacent to an activating group) is 2. The van der Waals surface area contributed by atoms with Gasteiger partial charge in [-0.2, -0.15) is 14.5 Å². The predicted octanol–water partition coefficient (Wildman–Crippen LogP) is 1.68. The summed E-state index contributed by atoms with van der Waals surface area (Å²) >= 11 is 0. The summed E-state index contributed by atoms with van der Waals surface area (Å²) in [6.07, 6.45) is 6.37. The Kier molecular flexibility index (Phi) is 5.30. The smallest absolute Gasteiger partial charge is 0.256 e. The van der Waals surface area contributed by atoms with Crippen LogP contribution < -0.4 is 9.80 Å². The minimum absolute atomic E-state index is 0.498. The van der Waals surface area contributed by atoms with Gasteiger partial charge in [0.1, 0.15) is 11.6 Å². The van der Waals surface area contributed by atoms with Crippen molar-refractivity contribution >= 4 is 17.4 Å². The fourth-order valence-corrected chi connectivity index (χ4v) is 4.85. The molecule has 2 aromatic rings. The molecule has 0 radical (unpaired) electrons. The second-order valence-corrected chi connectivity index (χ2v) is 9.07. The summed E-state index contributed by atoms with van der Waals surface area (Å²) in [5.74, 6) is 4.49. The van der Waals surface area contributed by atoms with Crippen LogP contribution in [0.15, 0.2) is 6.07 Å². The van der Waals surface area contributed by atoms with Crippen LogP contribution in [0.5, 0.6) is 0 Å². The van der Waals surface area contributed by atoms with E-state index in [1.54, 1.807) is 0 Å². The molecular formula is C21H34N8. The molecule has 0 N–H and O–H groups in total. The van der Waals surface area contributed by atoms with Gasteiger partial charge in [-0.1, -0.05) is 19.3 Å². The molecule has 1 aliphatic carbocycles. The third-order valence-corrected chi connectivity index (χ3v) is 6.92. The molecule has 29 heavy (non-hydrogen) atoms. The van der Waals surface area contributed by atoms with E-state index in [4.69, 9.17) is 15.1 Å². The Labute approximate surface area is 173 Å². The number of piperazine rings is 2. The third kappa shape index (κ3) is 3.92. The van der Waals surface area contributed by atoms with Crippen LogP contribution in [-0.2, 0) is 0 Å². The van der Waals surface area contributed by atoms with E-state index in [2.05, 4.69) is 39.8 Å². The molecule has 2 aliphatic heterocycles. The highest BCUT2D eigenvalue weighted by atomic mass is 15.4. The molecule has 3 fully saturated rings. The van der Waals surface area contributed by atoms with Gasteiger partial charge in [0.25, 0.3) is 5.78 Å². The van der Waals surface area contributed by atoms with Crippen LogP contribution in [-0.4, -0.2) is 95.8 Å². The van der Waals surface area contributed by atoms with Crippen molar-refractivity contribution in [3.63, 3.8) is 0 Å². The van der Waals surface area contributed by atoms with Gasteiger partial charge >= 0.3 is 0 Å². The molecule has 0 bridgehead atoms. The SMILES string of the molecule is CN1CCN(c2cc(N3CCN(C)CC3)n3nc(C4CCCCC4)nc3n2)CC1. The summed E-state index contributed by atoms with van der Waals surface area (Å²) < 4.78 is 2.02. The molecule has 158 valence electrons. The van der Waals surface area contributed by atoms with Crippen molar-refractivity contribution in [1.82, 2.24) is 29.4 Å². The Hall–Kier alpha value is -1.93. The number of rotatable bonds is 3.